The van der Waals surface area contributed by atoms with Gasteiger partial charge < -0.3 is 5.32 Å². The lowest BCUT2D eigenvalue weighted by atomic mass is 10.1. The number of hydrogen-bond acceptors (Lipinski definition) is 3. The van der Waals surface area contributed by atoms with E-state index in [2.05, 4.69) is 28.4 Å². The van der Waals surface area contributed by atoms with Crippen molar-refractivity contribution in [2.75, 3.05) is 7.05 Å². The lowest BCUT2D eigenvalue weighted by molar-refractivity contribution is 0.594. The molecular formula is C12H16N4. The molecule has 0 bridgehead atoms. The number of aromatic nitrogens is 3. The summed E-state index contributed by atoms with van der Waals surface area (Å²) in [5.41, 5.74) is 3.35. The zero-order chi connectivity index (χ0) is 11.5. The number of nitrogens with zero attached hydrogens (tertiary/aromatic N) is 3. The Morgan fingerprint density at radius 3 is 2.69 bits per heavy atom. The SMILES string of the molecule is CNC(c1cc(C)ccn1)c1ccnn1C. The van der Waals surface area contributed by atoms with Gasteiger partial charge in [-0.15, -0.1) is 0 Å². The highest BCUT2D eigenvalue weighted by Crippen LogP contribution is 2.19. The lowest BCUT2D eigenvalue weighted by Crippen LogP contribution is -2.21. The average Bonchev–Trinajstić information content (AvgIpc) is 2.67. The molecule has 4 nitrogen and oxygen atoms in total. The van der Waals surface area contributed by atoms with E-state index in [1.54, 1.807) is 6.20 Å². The first-order chi connectivity index (χ1) is 7.72. The third-order valence-corrected chi connectivity index (χ3v) is 2.68. The summed E-state index contributed by atoms with van der Waals surface area (Å²) >= 11 is 0. The van der Waals surface area contributed by atoms with E-state index >= 15 is 0 Å². The van der Waals surface area contributed by atoms with Crippen LogP contribution in [0.25, 0.3) is 0 Å². The molecule has 2 heterocycles. The van der Waals surface area contributed by atoms with E-state index in [9.17, 15) is 0 Å². The van der Waals surface area contributed by atoms with Gasteiger partial charge in [0.1, 0.15) is 0 Å². The van der Waals surface area contributed by atoms with Crippen LogP contribution in [0.5, 0.6) is 0 Å². The smallest absolute Gasteiger partial charge is 0.0919 e. The minimum atomic E-state index is 0.0902. The molecule has 1 unspecified atom stereocenters. The summed E-state index contributed by atoms with van der Waals surface area (Å²) in [6, 6.07) is 6.19. The fourth-order valence-electron chi connectivity index (χ4n) is 1.83. The van der Waals surface area contributed by atoms with Crippen LogP contribution in [0, 0.1) is 6.92 Å². The molecule has 84 valence electrons. The van der Waals surface area contributed by atoms with Crippen molar-refractivity contribution in [2.24, 2.45) is 7.05 Å². The molecule has 2 rings (SSSR count). The Labute approximate surface area is 95.3 Å². The van der Waals surface area contributed by atoms with Gasteiger partial charge in [0.15, 0.2) is 0 Å². The molecule has 0 saturated carbocycles. The van der Waals surface area contributed by atoms with Crippen LogP contribution in [0.3, 0.4) is 0 Å². The van der Waals surface area contributed by atoms with Crippen molar-refractivity contribution in [3.05, 3.63) is 47.5 Å². The molecule has 0 aromatic carbocycles. The Hall–Kier alpha value is -1.68. The molecule has 0 aliphatic rings. The summed E-state index contributed by atoms with van der Waals surface area (Å²) in [6.45, 7) is 2.07. The standard InChI is InChI=1S/C12H16N4/c1-9-4-6-14-10(8-9)12(13-2)11-5-7-15-16(11)3/h4-8,12-13H,1-3H3. The van der Waals surface area contributed by atoms with Gasteiger partial charge in [-0.2, -0.15) is 5.10 Å². The first-order valence-electron chi connectivity index (χ1n) is 5.30. The molecule has 16 heavy (non-hydrogen) atoms. The highest BCUT2D eigenvalue weighted by atomic mass is 15.3. The number of rotatable bonds is 3. The van der Waals surface area contributed by atoms with Crippen molar-refractivity contribution in [1.29, 1.82) is 0 Å². The van der Waals surface area contributed by atoms with E-state index in [4.69, 9.17) is 0 Å². The van der Waals surface area contributed by atoms with E-state index in [0.29, 0.717) is 0 Å². The Bertz CT molecular complexity index is 475. The topological polar surface area (TPSA) is 42.7 Å². The van der Waals surface area contributed by atoms with Crippen LogP contribution in [-0.4, -0.2) is 21.8 Å². The Morgan fingerprint density at radius 2 is 2.12 bits per heavy atom. The predicted molar refractivity (Wildman–Crippen MR) is 63.1 cm³/mol. The number of nitrogens with one attached hydrogen (secondary N) is 1. The maximum Gasteiger partial charge on any atom is 0.0919 e. The number of hydrogen-bond donors (Lipinski definition) is 1. The second kappa shape index (κ2) is 4.45. The first-order valence-corrected chi connectivity index (χ1v) is 5.30. The van der Waals surface area contributed by atoms with Gasteiger partial charge in [0, 0.05) is 19.4 Å². The van der Waals surface area contributed by atoms with Crippen molar-refractivity contribution >= 4 is 0 Å². The summed E-state index contributed by atoms with van der Waals surface area (Å²) in [4.78, 5) is 4.40. The van der Waals surface area contributed by atoms with Gasteiger partial charge in [-0.25, -0.2) is 0 Å². The highest BCUT2D eigenvalue weighted by molar-refractivity contribution is 5.24. The van der Waals surface area contributed by atoms with Crippen LogP contribution >= 0.6 is 0 Å². The average molecular weight is 216 g/mol. The number of pyridine rings is 1. The fourth-order valence-corrected chi connectivity index (χ4v) is 1.83. The molecule has 0 aliphatic heterocycles. The zero-order valence-corrected chi connectivity index (χ0v) is 9.81. The summed E-state index contributed by atoms with van der Waals surface area (Å²) in [6.07, 6.45) is 3.64. The fraction of sp³-hybridized carbons (Fsp3) is 0.333. The molecule has 0 amide bonds. The summed E-state index contributed by atoms with van der Waals surface area (Å²) in [5.74, 6) is 0. The van der Waals surface area contributed by atoms with Crippen molar-refractivity contribution in [1.82, 2.24) is 20.1 Å². The van der Waals surface area contributed by atoms with E-state index < -0.39 is 0 Å². The predicted octanol–water partition coefficient (Wildman–Crippen LogP) is 1.43. The third-order valence-electron chi connectivity index (χ3n) is 2.68. The van der Waals surface area contributed by atoms with Crippen molar-refractivity contribution < 1.29 is 0 Å². The first kappa shape index (κ1) is 10.8. The Morgan fingerprint density at radius 1 is 1.31 bits per heavy atom. The van der Waals surface area contributed by atoms with Gasteiger partial charge in [-0.05, 0) is 37.7 Å². The molecule has 0 fully saturated rings. The van der Waals surface area contributed by atoms with Crippen LogP contribution < -0.4 is 5.32 Å². The molecule has 4 heteroatoms. The van der Waals surface area contributed by atoms with Crippen molar-refractivity contribution in [3.8, 4) is 0 Å². The minimum Gasteiger partial charge on any atom is -0.307 e. The minimum absolute atomic E-state index is 0.0902. The Balaban J connectivity index is 2.40. The zero-order valence-electron chi connectivity index (χ0n) is 9.81. The summed E-state index contributed by atoms with van der Waals surface area (Å²) < 4.78 is 1.87. The van der Waals surface area contributed by atoms with Gasteiger partial charge in [0.05, 0.1) is 17.4 Å². The van der Waals surface area contributed by atoms with Gasteiger partial charge in [0.2, 0.25) is 0 Å². The van der Waals surface area contributed by atoms with Crippen LogP contribution in [0.1, 0.15) is 23.0 Å². The second-order valence-electron chi connectivity index (χ2n) is 3.86. The molecule has 0 spiro atoms. The van der Waals surface area contributed by atoms with Gasteiger partial charge in [0.25, 0.3) is 0 Å². The van der Waals surface area contributed by atoms with E-state index in [0.717, 1.165) is 11.4 Å². The van der Waals surface area contributed by atoms with Crippen LogP contribution in [-0.2, 0) is 7.05 Å². The van der Waals surface area contributed by atoms with Crippen LogP contribution in [0.2, 0.25) is 0 Å². The summed E-state index contributed by atoms with van der Waals surface area (Å²) in [7, 11) is 3.87. The molecule has 0 saturated heterocycles. The number of aryl methyl sites for hydroxylation is 2. The highest BCUT2D eigenvalue weighted by Gasteiger charge is 2.16. The molecule has 0 aliphatic carbocycles. The molecule has 1 N–H and O–H groups in total. The van der Waals surface area contributed by atoms with Gasteiger partial charge >= 0.3 is 0 Å². The van der Waals surface area contributed by atoms with Gasteiger partial charge in [-0.3, -0.25) is 9.67 Å². The molecule has 2 aromatic rings. The van der Waals surface area contributed by atoms with E-state index in [1.807, 2.05) is 37.1 Å². The normalized spacial score (nSPS) is 12.7. The Kier molecular flexibility index (Phi) is 3.01. The largest absolute Gasteiger partial charge is 0.307 e. The maximum atomic E-state index is 4.40. The lowest BCUT2D eigenvalue weighted by Gasteiger charge is -2.16. The maximum absolute atomic E-state index is 4.40. The van der Waals surface area contributed by atoms with E-state index in [1.165, 1.54) is 5.56 Å². The molecule has 1 atom stereocenters. The second-order valence-corrected chi connectivity index (χ2v) is 3.86. The third kappa shape index (κ3) is 1.97. The van der Waals surface area contributed by atoms with Crippen LogP contribution in [0.15, 0.2) is 30.6 Å². The van der Waals surface area contributed by atoms with Gasteiger partial charge in [-0.1, -0.05) is 0 Å². The molecule has 0 radical (unpaired) electrons. The quantitative estimate of drug-likeness (QED) is 0.844. The molecule has 2 aromatic heterocycles. The monoisotopic (exact) mass is 216 g/mol. The summed E-state index contributed by atoms with van der Waals surface area (Å²) in [5, 5.41) is 7.45. The van der Waals surface area contributed by atoms with Crippen molar-refractivity contribution in [3.63, 3.8) is 0 Å². The molecular weight excluding hydrogens is 200 g/mol. The van der Waals surface area contributed by atoms with Crippen LogP contribution in [0.4, 0.5) is 0 Å². The van der Waals surface area contributed by atoms with Crippen molar-refractivity contribution in [2.45, 2.75) is 13.0 Å². The van der Waals surface area contributed by atoms with E-state index in [-0.39, 0.29) is 6.04 Å².